The number of aliphatic hydroxyl groups is 1. The second-order valence-corrected chi connectivity index (χ2v) is 14.8. The van der Waals surface area contributed by atoms with Gasteiger partial charge >= 0.3 is 0 Å². The van der Waals surface area contributed by atoms with Gasteiger partial charge in [-0.2, -0.15) is 0 Å². The summed E-state index contributed by atoms with van der Waals surface area (Å²) < 4.78 is 4.76. The number of likely N-dealkylation sites (tertiary alicyclic amines) is 1. The zero-order valence-corrected chi connectivity index (χ0v) is 29.3. The fourth-order valence-corrected chi connectivity index (χ4v) is 10.5. The third-order valence-corrected chi connectivity index (χ3v) is 12.6. The molecule has 3 aliphatic heterocycles. The summed E-state index contributed by atoms with van der Waals surface area (Å²) in [6.45, 7) is 16.6. The number of carbonyl (C=O) groups is 3. The Morgan fingerprint density at radius 2 is 1.64 bits per heavy atom. The molecule has 10 heteroatoms. The maximum Gasteiger partial charge on any atom is 0.251 e. The molecule has 3 unspecified atom stereocenters. The number of rotatable bonds is 14. The summed E-state index contributed by atoms with van der Waals surface area (Å²) in [6, 6.07) is 12.9. The molecule has 0 aliphatic carbocycles. The van der Waals surface area contributed by atoms with Gasteiger partial charge < -0.3 is 24.5 Å². The third kappa shape index (κ3) is 6.00. The van der Waals surface area contributed by atoms with Crippen LogP contribution in [0.3, 0.4) is 0 Å². The van der Waals surface area contributed by atoms with E-state index in [9.17, 15) is 14.7 Å². The Morgan fingerprint density at radius 1 is 1.06 bits per heavy atom. The highest BCUT2D eigenvalue weighted by atomic mass is 35.5. The zero-order valence-electron chi connectivity index (χ0n) is 27.7. The van der Waals surface area contributed by atoms with Crippen molar-refractivity contribution >= 4 is 52.5 Å². The van der Waals surface area contributed by atoms with Crippen molar-refractivity contribution < 1.29 is 24.2 Å². The second-order valence-electron chi connectivity index (χ2n) is 12.8. The summed E-state index contributed by atoms with van der Waals surface area (Å²) in [4.78, 5) is 49.7. The molecule has 3 aliphatic rings. The van der Waals surface area contributed by atoms with E-state index in [0.29, 0.717) is 41.6 Å². The molecule has 3 amide bonds. The SMILES string of the molecule is C=CCN(C(=O)C1N([C@@H](CO)[C@@H](C)CC)C(=O)[C@@H]2[C@@H](C(=O)N(CC=C)c3ccc(OCC)cc3)[C@H]3CC(C)C12S3)c1ccc(Cl)cc1. The van der Waals surface area contributed by atoms with Crippen molar-refractivity contribution in [3.63, 3.8) is 0 Å². The molecule has 2 aromatic rings. The average molecular weight is 680 g/mol. The summed E-state index contributed by atoms with van der Waals surface area (Å²) in [5.41, 5.74) is 1.33. The number of hydrogen-bond donors (Lipinski definition) is 1. The van der Waals surface area contributed by atoms with Gasteiger partial charge in [0.2, 0.25) is 11.8 Å². The van der Waals surface area contributed by atoms with Crippen molar-refractivity contribution in [1.29, 1.82) is 0 Å². The molecule has 252 valence electrons. The molecule has 0 radical (unpaired) electrons. The first kappa shape index (κ1) is 35.0. The lowest BCUT2D eigenvalue weighted by molar-refractivity contribution is -0.143. The van der Waals surface area contributed by atoms with E-state index in [4.69, 9.17) is 16.3 Å². The molecule has 3 heterocycles. The summed E-state index contributed by atoms with van der Waals surface area (Å²) in [6.07, 6.45) is 4.76. The fourth-order valence-electron chi connectivity index (χ4n) is 7.93. The highest BCUT2D eigenvalue weighted by Crippen LogP contribution is 2.69. The minimum Gasteiger partial charge on any atom is -0.494 e. The number of aliphatic hydroxyl groups excluding tert-OH is 1. The van der Waals surface area contributed by atoms with Gasteiger partial charge in [-0.15, -0.1) is 24.9 Å². The first-order valence-corrected chi connectivity index (χ1v) is 17.8. The fraction of sp³-hybridized carbons (Fsp3) is 0.486. The first-order valence-electron chi connectivity index (χ1n) is 16.5. The lowest BCUT2D eigenvalue weighted by Crippen LogP contribution is -2.60. The molecule has 2 bridgehead atoms. The molecular formula is C37H46ClN3O5S. The highest BCUT2D eigenvalue weighted by Gasteiger charge is 2.77. The van der Waals surface area contributed by atoms with Crippen LogP contribution in [0.25, 0.3) is 0 Å². The summed E-state index contributed by atoms with van der Waals surface area (Å²) >= 11 is 7.83. The van der Waals surface area contributed by atoms with Crippen molar-refractivity contribution in [1.82, 2.24) is 4.90 Å². The highest BCUT2D eigenvalue weighted by molar-refractivity contribution is 8.02. The minimum atomic E-state index is -0.886. The van der Waals surface area contributed by atoms with Crippen molar-refractivity contribution in [2.75, 3.05) is 36.1 Å². The van der Waals surface area contributed by atoms with Crippen LogP contribution in [0.4, 0.5) is 11.4 Å². The van der Waals surface area contributed by atoms with Gasteiger partial charge in [0.25, 0.3) is 5.91 Å². The summed E-state index contributed by atoms with van der Waals surface area (Å²) in [7, 11) is 0. The molecule has 0 aromatic heterocycles. The van der Waals surface area contributed by atoms with E-state index in [0.717, 1.165) is 0 Å². The Bertz CT molecular complexity index is 1490. The minimum absolute atomic E-state index is 0.0279. The topological polar surface area (TPSA) is 90.4 Å². The van der Waals surface area contributed by atoms with Crippen LogP contribution in [0, 0.1) is 23.7 Å². The van der Waals surface area contributed by atoms with Gasteiger partial charge in [-0.3, -0.25) is 14.4 Å². The molecule has 1 N–H and O–H groups in total. The van der Waals surface area contributed by atoms with Crippen LogP contribution in [0.15, 0.2) is 73.8 Å². The predicted octanol–water partition coefficient (Wildman–Crippen LogP) is 6.22. The Morgan fingerprint density at radius 3 is 2.17 bits per heavy atom. The molecule has 0 saturated carbocycles. The molecule has 5 rings (SSSR count). The van der Waals surface area contributed by atoms with Gasteiger partial charge in [0.1, 0.15) is 11.8 Å². The lowest BCUT2D eigenvalue weighted by Gasteiger charge is -2.43. The van der Waals surface area contributed by atoms with Gasteiger partial charge in [-0.25, -0.2) is 0 Å². The average Bonchev–Trinajstić information content (AvgIpc) is 3.67. The van der Waals surface area contributed by atoms with Crippen LogP contribution < -0.4 is 14.5 Å². The van der Waals surface area contributed by atoms with Gasteiger partial charge in [0.05, 0.1) is 35.8 Å². The maximum atomic E-state index is 15.0. The second kappa shape index (κ2) is 14.5. The number of amides is 3. The molecule has 47 heavy (non-hydrogen) atoms. The van der Waals surface area contributed by atoms with Crippen LogP contribution in [0.1, 0.15) is 40.5 Å². The molecule has 3 fully saturated rings. The Kier molecular flexibility index (Phi) is 10.8. The van der Waals surface area contributed by atoms with Crippen molar-refractivity contribution in [3.05, 3.63) is 78.9 Å². The maximum absolute atomic E-state index is 15.0. The van der Waals surface area contributed by atoms with E-state index in [2.05, 4.69) is 20.1 Å². The van der Waals surface area contributed by atoms with Gasteiger partial charge in [0.15, 0.2) is 0 Å². The molecule has 3 saturated heterocycles. The molecule has 1 spiro atoms. The van der Waals surface area contributed by atoms with Crippen LogP contribution in [0.2, 0.25) is 5.02 Å². The first-order chi connectivity index (χ1) is 22.6. The number of fused-ring (bicyclic) bond motifs is 1. The van der Waals surface area contributed by atoms with Gasteiger partial charge in [0, 0.05) is 34.7 Å². The smallest absolute Gasteiger partial charge is 0.251 e. The van der Waals surface area contributed by atoms with Crippen molar-refractivity contribution in [2.45, 2.75) is 62.6 Å². The standard InChI is InChI=1S/C37H46ClN3O5S/c1-7-19-39(27-15-17-28(18-16-27)46-10-4)34(43)31-30-21-24(6)37(47-30)32(31)35(44)41(29(22-42)23(5)9-3)33(37)36(45)40(20-8-2)26-13-11-25(38)12-14-26/h7-8,11-18,23-24,29-33,42H,1-2,9-10,19-22H2,3-6H3/t23-,24?,29-,30+,31-,32-,33?,37?/m0/s1. The van der Waals surface area contributed by atoms with E-state index in [1.54, 1.807) is 62.9 Å². The number of ether oxygens (including phenoxy) is 1. The van der Waals surface area contributed by atoms with Gasteiger partial charge in [-0.05, 0) is 73.7 Å². The number of anilines is 2. The quantitative estimate of drug-likeness (QED) is 0.239. The summed E-state index contributed by atoms with van der Waals surface area (Å²) in [5, 5.41) is 11.2. The normalized spacial score (nSPS) is 27.2. The lowest BCUT2D eigenvalue weighted by atomic mass is 9.65. The molecule has 8 nitrogen and oxygen atoms in total. The Labute approximate surface area is 287 Å². The number of hydrogen-bond acceptors (Lipinski definition) is 6. The van der Waals surface area contributed by atoms with Crippen LogP contribution in [-0.4, -0.2) is 76.1 Å². The third-order valence-electron chi connectivity index (χ3n) is 10.3. The van der Waals surface area contributed by atoms with E-state index in [1.807, 2.05) is 45.0 Å². The number of nitrogens with zero attached hydrogens (tertiary/aromatic N) is 3. The number of carbonyl (C=O) groups excluding carboxylic acids is 3. The monoisotopic (exact) mass is 679 g/mol. The van der Waals surface area contributed by atoms with E-state index < -0.39 is 28.7 Å². The van der Waals surface area contributed by atoms with Gasteiger partial charge in [-0.1, -0.05) is 50.9 Å². The largest absolute Gasteiger partial charge is 0.494 e. The molecule has 8 atom stereocenters. The van der Waals surface area contributed by atoms with Crippen LogP contribution in [0.5, 0.6) is 5.75 Å². The van der Waals surface area contributed by atoms with E-state index in [1.165, 1.54) is 0 Å². The molecular weight excluding hydrogens is 634 g/mol. The van der Waals surface area contributed by atoms with E-state index >= 15 is 4.79 Å². The van der Waals surface area contributed by atoms with Crippen molar-refractivity contribution in [2.24, 2.45) is 23.7 Å². The number of halogens is 1. The number of thioether (sulfide) groups is 1. The van der Waals surface area contributed by atoms with Crippen LogP contribution >= 0.6 is 23.4 Å². The predicted molar refractivity (Wildman–Crippen MR) is 190 cm³/mol. The Balaban J connectivity index is 1.62. The Hall–Kier alpha value is -3.27. The van der Waals surface area contributed by atoms with Crippen LogP contribution in [-0.2, 0) is 14.4 Å². The zero-order chi connectivity index (χ0) is 34.0. The summed E-state index contributed by atoms with van der Waals surface area (Å²) in [5.74, 6) is -1.41. The van der Waals surface area contributed by atoms with E-state index in [-0.39, 0.29) is 54.5 Å². The molecule has 2 aromatic carbocycles. The number of benzene rings is 2. The van der Waals surface area contributed by atoms with Crippen molar-refractivity contribution in [3.8, 4) is 5.75 Å².